The molecule has 9 nitrogen and oxygen atoms in total. The lowest BCUT2D eigenvalue weighted by molar-refractivity contribution is -0.156. The molecule has 28 heavy (non-hydrogen) atoms. The predicted molar refractivity (Wildman–Crippen MR) is 107 cm³/mol. The van der Waals surface area contributed by atoms with Gasteiger partial charge < -0.3 is 10.2 Å². The number of carboxylic acids is 1. The van der Waals surface area contributed by atoms with Gasteiger partial charge in [-0.15, -0.1) is 16.9 Å². The molecule has 12 heteroatoms. The number of aliphatic hydroxyl groups is 1. The molecule has 1 unspecified atom stereocenters. The van der Waals surface area contributed by atoms with Crippen LogP contribution in [0.25, 0.3) is 5.78 Å². The number of β-lactam (4-membered cyclic amide) rings is 1. The minimum Gasteiger partial charge on any atom is -0.477 e. The first-order valence-electron chi connectivity index (χ1n) is 8.40. The fourth-order valence-electron chi connectivity index (χ4n) is 3.20. The number of hydrogen-bond donors (Lipinski definition) is 2. The standard InChI is InChI=1S/C16H17N5O4S3/c1-6-4-7(2)21-15(17-6)18-16(19-21)27-5-26-14-10(13(24)25)20-11(23)9(8(3)22)12(20)28-14/h4,8-9,12,22H,5H2,1-3H3,(H,24,25)/t8?,9-,12+/m0/s1. The van der Waals surface area contributed by atoms with Crippen LogP contribution in [0.15, 0.2) is 21.2 Å². The van der Waals surface area contributed by atoms with Gasteiger partial charge in [0.2, 0.25) is 11.1 Å². The molecule has 2 aromatic rings. The summed E-state index contributed by atoms with van der Waals surface area (Å²) < 4.78 is 2.24. The van der Waals surface area contributed by atoms with Crippen molar-refractivity contribution in [3.63, 3.8) is 0 Å². The second-order valence-electron chi connectivity index (χ2n) is 6.48. The van der Waals surface area contributed by atoms with Gasteiger partial charge in [-0.1, -0.05) is 23.5 Å². The summed E-state index contributed by atoms with van der Waals surface area (Å²) in [6.07, 6.45) is -0.809. The van der Waals surface area contributed by atoms with Crippen molar-refractivity contribution in [2.45, 2.75) is 37.4 Å². The van der Waals surface area contributed by atoms with Crippen LogP contribution >= 0.6 is 35.3 Å². The smallest absolute Gasteiger partial charge is 0.354 e. The molecule has 1 amide bonds. The molecule has 2 aromatic heterocycles. The lowest BCUT2D eigenvalue weighted by atomic mass is 9.92. The Morgan fingerprint density at radius 1 is 1.36 bits per heavy atom. The van der Waals surface area contributed by atoms with Crippen molar-refractivity contribution in [1.29, 1.82) is 0 Å². The summed E-state index contributed by atoms with van der Waals surface area (Å²) in [5.41, 5.74) is 1.80. The van der Waals surface area contributed by atoms with E-state index in [-0.39, 0.29) is 17.0 Å². The van der Waals surface area contributed by atoms with Crippen molar-refractivity contribution in [2.75, 3.05) is 5.08 Å². The average Bonchev–Trinajstić information content (AvgIpc) is 3.14. The van der Waals surface area contributed by atoms with Crippen molar-refractivity contribution in [3.05, 3.63) is 27.4 Å². The number of carbonyl (C=O) groups is 2. The maximum absolute atomic E-state index is 12.2. The second-order valence-corrected chi connectivity index (χ2v) is 10.2. The highest BCUT2D eigenvalue weighted by Crippen LogP contribution is 2.54. The van der Waals surface area contributed by atoms with Crippen LogP contribution in [0.1, 0.15) is 18.3 Å². The van der Waals surface area contributed by atoms with E-state index in [1.165, 1.54) is 40.2 Å². The van der Waals surface area contributed by atoms with Gasteiger partial charge in [0.15, 0.2) is 5.70 Å². The summed E-state index contributed by atoms with van der Waals surface area (Å²) in [5.74, 6) is -1.52. The highest BCUT2D eigenvalue weighted by Gasteiger charge is 2.57. The predicted octanol–water partition coefficient (Wildman–Crippen LogP) is 1.69. The zero-order chi connectivity index (χ0) is 20.2. The third kappa shape index (κ3) is 3.17. The molecule has 0 aliphatic carbocycles. The number of thioether (sulfide) groups is 3. The van der Waals surface area contributed by atoms with E-state index in [4.69, 9.17) is 0 Å². The maximum atomic E-state index is 12.2. The van der Waals surface area contributed by atoms with Crippen LogP contribution < -0.4 is 0 Å². The maximum Gasteiger partial charge on any atom is 0.354 e. The van der Waals surface area contributed by atoms with Crippen molar-refractivity contribution in [1.82, 2.24) is 24.5 Å². The zero-order valence-corrected chi connectivity index (χ0v) is 17.6. The summed E-state index contributed by atoms with van der Waals surface area (Å²) in [7, 11) is 0. The van der Waals surface area contributed by atoms with Crippen molar-refractivity contribution in [3.8, 4) is 0 Å². The average molecular weight is 440 g/mol. The number of amides is 1. The van der Waals surface area contributed by atoms with Gasteiger partial charge in [-0.25, -0.2) is 14.3 Å². The zero-order valence-electron chi connectivity index (χ0n) is 15.2. The van der Waals surface area contributed by atoms with E-state index in [2.05, 4.69) is 15.1 Å². The molecule has 3 atom stereocenters. The summed E-state index contributed by atoms with van der Waals surface area (Å²) in [4.78, 5) is 33.9. The molecule has 0 spiro atoms. The lowest BCUT2D eigenvalue weighted by Crippen LogP contribution is -2.60. The molecular weight excluding hydrogens is 422 g/mol. The first kappa shape index (κ1) is 19.6. The Balaban J connectivity index is 1.47. The van der Waals surface area contributed by atoms with E-state index in [1.807, 2.05) is 19.9 Å². The SMILES string of the molecule is Cc1cc(C)n2nc(SCSC3=C(C(=O)O)N4C(=O)[C@H](C(C)O)[C@H]4S3)nc2n1. The Labute approximate surface area is 173 Å². The molecule has 0 saturated carbocycles. The number of aliphatic carboxylic acids is 1. The lowest BCUT2D eigenvalue weighted by Gasteiger charge is -2.43. The van der Waals surface area contributed by atoms with Gasteiger partial charge in [0.1, 0.15) is 5.37 Å². The number of rotatable bonds is 6. The van der Waals surface area contributed by atoms with Crippen LogP contribution in [-0.4, -0.2) is 63.1 Å². The minimum atomic E-state index is -1.14. The highest BCUT2D eigenvalue weighted by atomic mass is 32.2. The fraction of sp³-hybridized carbons (Fsp3) is 0.438. The van der Waals surface area contributed by atoms with E-state index < -0.39 is 18.0 Å². The number of aromatic nitrogens is 4. The molecule has 2 N–H and O–H groups in total. The quantitative estimate of drug-likeness (QED) is 0.391. The molecule has 0 radical (unpaired) electrons. The molecule has 1 saturated heterocycles. The first-order valence-corrected chi connectivity index (χ1v) is 11.2. The highest BCUT2D eigenvalue weighted by molar-refractivity contribution is 8.27. The van der Waals surface area contributed by atoms with Crippen LogP contribution in [-0.2, 0) is 9.59 Å². The molecule has 0 aromatic carbocycles. The van der Waals surface area contributed by atoms with E-state index in [0.717, 1.165) is 11.4 Å². The molecule has 148 valence electrons. The van der Waals surface area contributed by atoms with Crippen LogP contribution in [0.2, 0.25) is 0 Å². The Morgan fingerprint density at radius 2 is 2.11 bits per heavy atom. The number of aliphatic hydroxyl groups excluding tert-OH is 1. The third-order valence-corrected chi connectivity index (χ3v) is 8.07. The van der Waals surface area contributed by atoms with Gasteiger partial charge in [0.25, 0.3) is 5.78 Å². The molecular formula is C16H17N5O4S3. The van der Waals surface area contributed by atoms with E-state index in [9.17, 15) is 19.8 Å². The number of hydrogen-bond acceptors (Lipinski definition) is 9. The summed E-state index contributed by atoms with van der Waals surface area (Å²) in [6.45, 7) is 5.38. The van der Waals surface area contributed by atoms with Crippen LogP contribution in [0, 0.1) is 19.8 Å². The van der Waals surface area contributed by atoms with Gasteiger partial charge in [0.05, 0.1) is 21.3 Å². The van der Waals surface area contributed by atoms with Gasteiger partial charge in [-0.3, -0.25) is 9.69 Å². The third-order valence-electron chi connectivity index (χ3n) is 4.45. The summed E-state index contributed by atoms with van der Waals surface area (Å²) >= 11 is 4.03. The van der Waals surface area contributed by atoms with Gasteiger partial charge in [-0.2, -0.15) is 4.98 Å². The largest absolute Gasteiger partial charge is 0.477 e. The molecule has 4 heterocycles. The normalized spacial score (nSPS) is 22.6. The molecule has 1 fully saturated rings. The van der Waals surface area contributed by atoms with E-state index >= 15 is 0 Å². The minimum absolute atomic E-state index is 0.00130. The molecule has 2 aliphatic rings. The summed E-state index contributed by atoms with van der Waals surface area (Å²) in [6, 6.07) is 1.92. The van der Waals surface area contributed by atoms with Gasteiger partial charge >= 0.3 is 5.97 Å². The van der Waals surface area contributed by atoms with Gasteiger partial charge in [0, 0.05) is 11.4 Å². The molecule has 0 bridgehead atoms. The fourth-order valence-corrected chi connectivity index (χ4v) is 7.21. The number of carboxylic acid groups (broad SMARTS) is 1. The Bertz CT molecular complexity index is 1020. The van der Waals surface area contributed by atoms with Gasteiger partial charge in [-0.05, 0) is 26.8 Å². The number of nitrogens with zero attached hydrogens (tertiary/aromatic N) is 5. The number of carbonyl (C=O) groups excluding carboxylic acids is 1. The Kier molecular flexibility index (Phi) is 5.06. The number of fused-ring (bicyclic) bond motifs is 2. The second kappa shape index (κ2) is 7.25. The Morgan fingerprint density at radius 3 is 2.79 bits per heavy atom. The monoisotopic (exact) mass is 439 g/mol. The molecule has 2 aliphatic heterocycles. The van der Waals surface area contributed by atoms with Crippen molar-refractivity contribution in [2.24, 2.45) is 5.92 Å². The topological polar surface area (TPSA) is 121 Å². The van der Waals surface area contributed by atoms with Crippen LogP contribution in [0.3, 0.4) is 0 Å². The first-order chi connectivity index (χ1) is 13.3. The number of aryl methyl sites for hydroxylation is 2. The van der Waals surface area contributed by atoms with Crippen molar-refractivity contribution < 1.29 is 19.8 Å². The van der Waals surface area contributed by atoms with E-state index in [1.54, 1.807) is 11.4 Å². The molecule has 4 rings (SSSR count). The van der Waals surface area contributed by atoms with E-state index in [0.29, 0.717) is 20.3 Å². The Hall–Kier alpha value is -1.76. The van der Waals surface area contributed by atoms with Crippen molar-refractivity contribution >= 4 is 52.9 Å². The van der Waals surface area contributed by atoms with Crippen LogP contribution in [0.4, 0.5) is 0 Å². The van der Waals surface area contributed by atoms with Crippen LogP contribution in [0.5, 0.6) is 0 Å². The summed E-state index contributed by atoms with van der Waals surface area (Å²) in [5, 5.41) is 24.4.